The van der Waals surface area contributed by atoms with Crippen molar-refractivity contribution in [3.8, 4) is 5.75 Å². The number of fused-ring (bicyclic) bond motifs is 3. The number of rotatable bonds is 2. The number of hydrazone groups is 1. The van der Waals surface area contributed by atoms with Crippen LogP contribution >= 0.6 is 27.3 Å². The Morgan fingerprint density at radius 1 is 1.15 bits per heavy atom. The number of hydrogen-bond acceptors (Lipinski definition) is 4. The summed E-state index contributed by atoms with van der Waals surface area (Å²) in [4.78, 5) is 1.12. The highest BCUT2D eigenvalue weighted by atomic mass is 79.9. The van der Waals surface area contributed by atoms with Crippen molar-refractivity contribution in [1.82, 2.24) is 5.01 Å². The third kappa shape index (κ3) is 2.64. The quantitative estimate of drug-likeness (QED) is 0.507. The lowest BCUT2D eigenvalue weighted by molar-refractivity contribution is -0.0166. The topological polar surface area (TPSA) is 24.8 Å². The molecule has 6 heteroatoms. The maximum atomic E-state index is 13.3. The third-order valence-electron chi connectivity index (χ3n) is 4.72. The van der Waals surface area contributed by atoms with Gasteiger partial charge >= 0.3 is 0 Å². The molecule has 26 heavy (non-hydrogen) atoms. The molecule has 2 aliphatic heterocycles. The van der Waals surface area contributed by atoms with E-state index >= 15 is 0 Å². The van der Waals surface area contributed by atoms with Gasteiger partial charge in [0.15, 0.2) is 0 Å². The Labute approximate surface area is 162 Å². The first kappa shape index (κ1) is 16.0. The van der Waals surface area contributed by atoms with E-state index in [1.165, 1.54) is 12.1 Å². The Bertz CT molecular complexity index is 988. The Morgan fingerprint density at radius 2 is 2.00 bits per heavy atom. The minimum atomic E-state index is -0.244. The first-order valence-corrected chi connectivity index (χ1v) is 9.97. The lowest BCUT2D eigenvalue weighted by Gasteiger charge is -2.37. The zero-order valence-electron chi connectivity index (χ0n) is 13.6. The van der Waals surface area contributed by atoms with Crippen LogP contribution in [0, 0.1) is 5.82 Å². The largest absolute Gasteiger partial charge is 0.464 e. The van der Waals surface area contributed by atoms with Gasteiger partial charge < -0.3 is 4.74 Å². The maximum absolute atomic E-state index is 13.3. The molecule has 3 nitrogen and oxygen atoms in total. The van der Waals surface area contributed by atoms with Gasteiger partial charge in [0.2, 0.25) is 6.23 Å². The summed E-state index contributed by atoms with van der Waals surface area (Å²) >= 11 is 5.22. The number of nitrogens with zero attached hydrogens (tertiary/aromatic N) is 2. The highest BCUT2D eigenvalue weighted by molar-refractivity contribution is 9.10. The zero-order chi connectivity index (χ0) is 17.7. The van der Waals surface area contributed by atoms with Crippen LogP contribution < -0.4 is 4.74 Å². The molecule has 2 unspecified atom stereocenters. The summed E-state index contributed by atoms with van der Waals surface area (Å²) in [5.74, 6) is 0.655. The summed E-state index contributed by atoms with van der Waals surface area (Å²) in [6.45, 7) is 0. The Kier molecular flexibility index (Phi) is 3.83. The molecule has 0 bridgehead atoms. The van der Waals surface area contributed by atoms with Gasteiger partial charge in [0.1, 0.15) is 11.6 Å². The first-order valence-electron chi connectivity index (χ1n) is 8.30. The van der Waals surface area contributed by atoms with E-state index in [1.807, 2.05) is 28.6 Å². The molecule has 2 aromatic carbocycles. The molecular weight excluding hydrogens is 415 g/mol. The van der Waals surface area contributed by atoms with E-state index < -0.39 is 0 Å². The number of halogens is 2. The first-order chi connectivity index (χ1) is 12.7. The smallest absolute Gasteiger partial charge is 0.222 e. The molecule has 0 fully saturated rings. The number of hydrogen-bond donors (Lipinski definition) is 0. The van der Waals surface area contributed by atoms with Crippen LogP contribution in [0.25, 0.3) is 0 Å². The SMILES string of the molecule is Fc1ccc(C2=NN3C(C2)c2cc(Br)ccc2OC3c2cccs2)cc1. The Hall–Kier alpha value is -2.18. The Balaban J connectivity index is 1.60. The number of thiophene rings is 1. The predicted octanol–water partition coefficient (Wildman–Crippen LogP) is 5.89. The monoisotopic (exact) mass is 428 g/mol. The Morgan fingerprint density at radius 3 is 2.77 bits per heavy atom. The van der Waals surface area contributed by atoms with Crippen LogP contribution in [0.15, 0.2) is 69.6 Å². The van der Waals surface area contributed by atoms with Crippen molar-refractivity contribution in [2.24, 2.45) is 5.10 Å². The summed E-state index contributed by atoms with van der Waals surface area (Å²) in [6.07, 6.45) is 0.520. The van der Waals surface area contributed by atoms with Crippen LogP contribution in [0.5, 0.6) is 5.75 Å². The van der Waals surface area contributed by atoms with Crippen LogP contribution in [0.3, 0.4) is 0 Å². The van der Waals surface area contributed by atoms with Crippen LogP contribution in [-0.2, 0) is 0 Å². The normalized spacial score (nSPS) is 21.0. The van der Waals surface area contributed by atoms with Crippen molar-refractivity contribution in [3.63, 3.8) is 0 Å². The van der Waals surface area contributed by atoms with Gasteiger partial charge in [-0.25, -0.2) is 9.40 Å². The van der Waals surface area contributed by atoms with Crippen molar-refractivity contribution in [3.05, 3.63) is 86.3 Å². The maximum Gasteiger partial charge on any atom is 0.222 e. The molecule has 5 rings (SSSR count). The van der Waals surface area contributed by atoms with Gasteiger partial charge in [-0.3, -0.25) is 0 Å². The van der Waals surface area contributed by atoms with E-state index in [4.69, 9.17) is 9.84 Å². The summed E-state index contributed by atoms with van der Waals surface area (Å²) in [7, 11) is 0. The summed E-state index contributed by atoms with van der Waals surface area (Å²) < 4.78 is 20.6. The minimum absolute atomic E-state index is 0.100. The second kappa shape index (κ2) is 6.21. The molecule has 0 saturated carbocycles. The van der Waals surface area contributed by atoms with Gasteiger partial charge in [-0.05, 0) is 47.3 Å². The molecule has 0 amide bonds. The fraction of sp³-hybridized carbons (Fsp3) is 0.150. The molecule has 130 valence electrons. The molecule has 1 aromatic heterocycles. The zero-order valence-corrected chi connectivity index (χ0v) is 16.0. The van der Waals surface area contributed by atoms with Crippen molar-refractivity contribution in [1.29, 1.82) is 0 Å². The highest BCUT2D eigenvalue weighted by Crippen LogP contribution is 2.48. The summed E-state index contributed by atoms with van der Waals surface area (Å²) in [5.41, 5.74) is 3.02. The fourth-order valence-electron chi connectivity index (χ4n) is 3.49. The minimum Gasteiger partial charge on any atom is -0.464 e. The predicted molar refractivity (Wildman–Crippen MR) is 104 cm³/mol. The summed E-state index contributed by atoms with van der Waals surface area (Å²) in [6, 6.07) is 16.8. The van der Waals surface area contributed by atoms with Crippen molar-refractivity contribution in [2.45, 2.75) is 18.7 Å². The van der Waals surface area contributed by atoms with Crippen molar-refractivity contribution >= 4 is 33.0 Å². The average Bonchev–Trinajstić information content (AvgIpc) is 3.32. The third-order valence-corrected chi connectivity index (χ3v) is 6.11. The molecular formula is C20H14BrFN2OS. The van der Waals surface area contributed by atoms with Gasteiger partial charge in [0.25, 0.3) is 0 Å². The van der Waals surface area contributed by atoms with E-state index in [2.05, 4.69) is 28.1 Å². The molecule has 2 atom stereocenters. The molecule has 0 radical (unpaired) electrons. The number of benzene rings is 2. The van der Waals surface area contributed by atoms with E-state index in [9.17, 15) is 4.39 Å². The summed E-state index contributed by atoms with van der Waals surface area (Å²) in [5, 5.41) is 8.96. The molecule has 3 heterocycles. The van der Waals surface area contributed by atoms with Gasteiger partial charge in [-0.2, -0.15) is 5.10 Å². The molecule has 0 saturated heterocycles. The van der Waals surface area contributed by atoms with E-state index in [-0.39, 0.29) is 18.1 Å². The molecule has 0 aliphatic carbocycles. The van der Waals surface area contributed by atoms with Crippen LogP contribution in [0.1, 0.15) is 34.7 Å². The number of ether oxygens (including phenoxy) is 1. The van der Waals surface area contributed by atoms with Gasteiger partial charge in [0.05, 0.1) is 16.6 Å². The fourth-order valence-corrected chi connectivity index (χ4v) is 4.62. The highest BCUT2D eigenvalue weighted by Gasteiger charge is 2.41. The van der Waals surface area contributed by atoms with E-state index in [1.54, 1.807) is 23.5 Å². The van der Waals surface area contributed by atoms with Crippen molar-refractivity contribution in [2.75, 3.05) is 0 Å². The van der Waals surface area contributed by atoms with Crippen LogP contribution in [0.2, 0.25) is 0 Å². The lowest BCUT2D eigenvalue weighted by Crippen LogP contribution is -2.33. The molecule has 0 N–H and O–H groups in total. The molecule has 0 spiro atoms. The second-order valence-electron chi connectivity index (χ2n) is 6.32. The van der Waals surface area contributed by atoms with Gasteiger partial charge in [-0.15, -0.1) is 11.3 Å². The van der Waals surface area contributed by atoms with Gasteiger partial charge in [0, 0.05) is 16.5 Å². The van der Waals surface area contributed by atoms with E-state index in [0.717, 1.165) is 38.4 Å². The van der Waals surface area contributed by atoms with Crippen molar-refractivity contribution < 1.29 is 9.13 Å². The average molecular weight is 429 g/mol. The van der Waals surface area contributed by atoms with Crippen LogP contribution in [0.4, 0.5) is 4.39 Å². The van der Waals surface area contributed by atoms with E-state index in [0.29, 0.717) is 0 Å². The molecule has 2 aliphatic rings. The molecule has 3 aromatic rings. The van der Waals surface area contributed by atoms with Gasteiger partial charge in [-0.1, -0.05) is 34.1 Å². The van der Waals surface area contributed by atoms with Crippen LogP contribution in [-0.4, -0.2) is 10.7 Å². The standard InChI is InChI=1S/C20H14BrFN2OS/c21-13-5-8-18-15(10-13)17-11-16(12-3-6-14(22)7-4-12)23-24(17)20(25-18)19-2-1-9-26-19/h1-10,17,20H,11H2. The lowest BCUT2D eigenvalue weighted by atomic mass is 9.96. The second-order valence-corrected chi connectivity index (χ2v) is 8.22.